The molecule has 5 rings (SSSR count). The number of carboxylic acids is 1. The monoisotopic (exact) mass is 471 g/mol. The number of hydrogen-bond acceptors (Lipinski definition) is 4. The molecule has 0 fully saturated rings. The lowest BCUT2D eigenvalue weighted by molar-refractivity contribution is -0.174. The van der Waals surface area contributed by atoms with E-state index in [0.29, 0.717) is 4.90 Å². The summed E-state index contributed by atoms with van der Waals surface area (Å²) in [4.78, 5) is 25.3. The second kappa shape index (κ2) is 7.89. The van der Waals surface area contributed by atoms with Gasteiger partial charge in [0.05, 0.1) is 23.5 Å². The van der Waals surface area contributed by atoms with E-state index in [0.717, 1.165) is 28.5 Å². The van der Waals surface area contributed by atoms with E-state index >= 15 is 0 Å². The molecule has 1 amide bonds. The van der Waals surface area contributed by atoms with Crippen LogP contribution < -0.4 is 4.90 Å². The van der Waals surface area contributed by atoms with Gasteiger partial charge in [0.2, 0.25) is 0 Å². The average molecular weight is 471 g/mol. The smallest absolute Gasteiger partial charge is 0.415 e. The number of aliphatic carboxylic acids is 1. The highest BCUT2D eigenvalue weighted by Crippen LogP contribution is 2.45. The Bertz CT molecular complexity index is 1240. The maximum atomic E-state index is 14.1. The van der Waals surface area contributed by atoms with Crippen molar-refractivity contribution in [3.63, 3.8) is 0 Å². The fraction of sp³-hybridized carbons (Fsp3) is 0.292. The third-order valence-corrected chi connectivity index (χ3v) is 6.56. The predicted molar refractivity (Wildman–Crippen MR) is 115 cm³/mol. The van der Waals surface area contributed by atoms with Gasteiger partial charge in [0.15, 0.2) is 0 Å². The Hall–Kier alpha value is -3.82. The number of carbonyl (C=O) groups excluding carboxylic acids is 1. The summed E-state index contributed by atoms with van der Waals surface area (Å²) in [5.74, 6) is -3.89. The molecule has 0 radical (unpaired) electrons. The molecule has 1 aromatic heterocycles. The summed E-state index contributed by atoms with van der Waals surface area (Å²) in [5, 5.41) is 13.5. The van der Waals surface area contributed by atoms with Crippen LogP contribution in [0.4, 0.5) is 23.7 Å². The standard InChI is InChI=1S/C24H20F3N3O4/c1-29-19-10-17(22(31)32)21(24(25,26)27)30(20(19)11-28-29)23(33)34-12-18-15-8-4-2-6-13(15)14-7-3-5-9-16(14)18/h2-9,11,17-18,21H,10,12H2,1H3,(H,31,32). The lowest BCUT2D eigenvalue weighted by Crippen LogP contribution is -2.58. The number of aryl methyl sites for hydroxylation is 1. The summed E-state index contributed by atoms with van der Waals surface area (Å²) in [7, 11) is 1.49. The fourth-order valence-electron chi connectivity index (χ4n) is 5.01. The Balaban J connectivity index is 1.48. The number of ether oxygens (including phenoxy) is 1. The molecule has 0 spiro atoms. The molecule has 0 saturated heterocycles. The molecule has 7 nitrogen and oxygen atoms in total. The number of aromatic nitrogens is 2. The van der Waals surface area contributed by atoms with Crippen LogP contribution in [0.15, 0.2) is 54.7 Å². The van der Waals surface area contributed by atoms with Crippen molar-refractivity contribution < 1.29 is 32.6 Å². The van der Waals surface area contributed by atoms with Crippen LogP contribution in [0.5, 0.6) is 0 Å². The van der Waals surface area contributed by atoms with Crippen molar-refractivity contribution in [3.05, 3.63) is 71.5 Å². The fourth-order valence-corrected chi connectivity index (χ4v) is 5.01. The molecule has 3 aromatic rings. The van der Waals surface area contributed by atoms with Gasteiger partial charge in [0.25, 0.3) is 0 Å². The number of alkyl halides is 3. The zero-order chi connectivity index (χ0) is 24.2. The van der Waals surface area contributed by atoms with Gasteiger partial charge in [-0.1, -0.05) is 48.5 Å². The Morgan fingerprint density at radius 1 is 1.09 bits per heavy atom. The molecule has 176 valence electrons. The van der Waals surface area contributed by atoms with E-state index in [1.807, 2.05) is 48.5 Å². The van der Waals surface area contributed by atoms with Crippen LogP contribution in [0.3, 0.4) is 0 Å². The highest BCUT2D eigenvalue weighted by Gasteiger charge is 2.57. The second-order valence-electron chi connectivity index (χ2n) is 8.41. The normalized spacial score (nSPS) is 19.4. The SMILES string of the molecule is Cn1ncc2c1CC(C(=O)O)C(C(F)(F)F)N2C(=O)OCC1c2ccccc2-c2ccccc21. The molecule has 34 heavy (non-hydrogen) atoms. The van der Waals surface area contributed by atoms with Crippen LogP contribution in [-0.2, 0) is 23.0 Å². The Labute approximate surface area is 192 Å². The molecule has 2 atom stereocenters. The van der Waals surface area contributed by atoms with Crippen LogP contribution >= 0.6 is 0 Å². The quantitative estimate of drug-likeness (QED) is 0.614. The number of benzene rings is 2. The molecule has 1 N–H and O–H groups in total. The molecule has 1 aliphatic carbocycles. The van der Waals surface area contributed by atoms with Gasteiger partial charge in [-0.15, -0.1) is 0 Å². The number of amides is 1. The number of hydrogen-bond donors (Lipinski definition) is 1. The molecular weight excluding hydrogens is 451 g/mol. The van der Waals surface area contributed by atoms with E-state index in [-0.39, 0.29) is 23.9 Å². The highest BCUT2D eigenvalue weighted by molar-refractivity contribution is 5.92. The van der Waals surface area contributed by atoms with E-state index in [2.05, 4.69) is 5.10 Å². The van der Waals surface area contributed by atoms with Crippen molar-refractivity contribution in [3.8, 4) is 11.1 Å². The van der Waals surface area contributed by atoms with Crippen molar-refractivity contribution in [1.82, 2.24) is 9.78 Å². The number of nitrogens with zero attached hydrogens (tertiary/aromatic N) is 3. The van der Waals surface area contributed by atoms with Crippen LogP contribution in [0.2, 0.25) is 0 Å². The molecule has 1 aliphatic heterocycles. The van der Waals surface area contributed by atoms with Crippen molar-refractivity contribution in [2.75, 3.05) is 11.5 Å². The first-order valence-electron chi connectivity index (χ1n) is 10.6. The van der Waals surface area contributed by atoms with E-state index in [9.17, 15) is 27.9 Å². The predicted octanol–water partition coefficient (Wildman–Crippen LogP) is 4.36. The van der Waals surface area contributed by atoms with Gasteiger partial charge in [0, 0.05) is 19.4 Å². The Morgan fingerprint density at radius 2 is 1.68 bits per heavy atom. The van der Waals surface area contributed by atoms with Crippen molar-refractivity contribution in [2.24, 2.45) is 13.0 Å². The first kappa shape index (κ1) is 22.0. The first-order chi connectivity index (χ1) is 16.2. The van der Waals surface area contributed by atoms with Crippen LogP contribution in [-0.4, -0.2) is 45.8 Å². The molecular formula is C24H20F3N3O4. The number of rotatable bonds is 3. The number of carbonyl (C=O) groups is 2. The van der Waals surface area contributed by atoms with Crippen molar-refractivity contribution >= 4 is 17.7 Å². The molecule has 0 saturated carbocycles. The second-order valence-corrected chi connectivity index (χ2v) is 8.41. The van der Waals surface area contributed by atoms with Gasteiger partial charge < -0.3 is 9.84 Å². The summed E-state index contributed by atoms with van der Waals surface area (Å²) in [6.45, 7) is -0.193. The van der Waals surface area contributed by atoms with Crippen molar-refractivity contribution in [1.29, 1.82) is 0 Å². The third kappa shape index (κ3) is 3.41. The third-order valence-electron chi connectivity index (χ3n) is 6.56. The van der Waals surface area contributed by atoms with Gasteiger partial charge in [-0.3, -0.25) is 14.4 Å². The number of fused-ring (bicyclic) bond motifs is 4. The first-order valence-corrected chi connectivity index (χ1v) is 10.6. The molecule has 2 aromatic carbocycles. The van der Waals surface area contributed by atoms with Crippen LogP contribution in [0.1, 0.15) is 22.7 Å². The van der Waals surface area contributed by atoms with Gasteiger partial charge in [-0.25, -0.2) is 4.79 Å². The van der Waals surface area contributed by atoms with Crippen LogP contribution in [0.25, 0.3) is 11.1 Å². The Morgan fingerprint density at radius 3 is 2.24 bits per heavy atom. The molecule has 2 aliphatic rings. The topological polar surface area (TPSA) is 84.7 Å². The number of anilines is 1. The number of carboxylic acid groups (broad SMARTS) is 1. The molecule has 0 bridgehead atoms. The summed E-state index contributed by atoms with van der Waals surface area (Å²) < 4.78 is 48.9. The highest BCUT2D eigenvalue weighted by atomic mass is 19.4. The minimum Gasteiger partial charge on any atom is -0.481 e. The van der Waals surface area contributed by atoms with E-state index in [1.54, 1.807) is 0 Å². The summed E-state index contributed by atoms with van der Waals surface area (Å²) in [6, 6.07) is 12.6. The van der Waals surface area contributed by atoms with E-state index in [4.69, 9.17) is 4.74 Å². The average Bonchev–Trinajstić information content (AvgIpc) is 3.33. The largest absolute Gasteiger partial charge is 0.481 e. The zero-order valence-electron chi connectivity index (χ0n) is 18.0. The molecule has 2 unspecified atom stereocenters. The maximum absolute atomic E-state index is 14.1. The van der Waals surface area contributed by atoms with Gasteiger partial charge in [-0.2, -0.15) is 18.3 Å². The van der Waals surface area contributed by atoms with E-state index < -0.39 is 36.6 Å². The lowest BCUT2D eigenvalue weighted by Gasteiger charge is -2.39. The number of halogens is 3. The van der Waals surface area contributed by atoms with Gasteiger partial charge in [0.1, 0.15) is 12.6 Å². The minimum absolute atomic E-state index is 0.0976. The van der Waals surface area contributed by atoms with Gasteiger partial charge >= 0.3 is 18.2 Å². The minimum atomic E-state index is -4.98. The molecule has 10 heteroatoms. The maximum Gasteiger partial charge on any atom is 0.415 e. The zero-order valence-corrected chi connectivity index (χ0v) is 18.0. The molecule has 2 heterocycles. The van der Waals surface area contributed by atoms with Gasteiger partial charge in [-0.05, 0) is 22.3 Å². The lowest BCUT2D eigenvalue weighted by atomic mass is 9.88. The van der Waals surface area contributed by atoms with Crippen LogP contribution in [0, 0.1) is 5.92 Å². The summed E-state index contributed by atoms with van der Waals surface area (Å²) in [6.07, 6.45) is -5.52. The Kier molecular flexibility index (Phi) is 5.11. The van der Waals surface area contributed by atoms with Crippen molar-refractivity contribution in [2.45, 2.75) is 24.6 Å². The van der Waals surface area contributed by atoms with E-state index in [1.165, 1.54) is 11.7 Å². The summed E-state index contributed by atoms with van der Waals surface area (Å²) in [5.41, 5.74) is 3.90. The summed E-state index contributed by atoms with van der Waals surface area (Å²) >= 11 is 0.